The van der Waals surface area contributed by atoms with E-state index in [-0.39, 0.29) is 0 Å². The van der Waals surface area contributed by atoms with Crippen LogP contribution in [0.5, 0.6) is 0 Å². The molecule has 0 atom stereocenters. The molecule has 0 fully saturated rings. The number of rotatable bonds is 6. The zero-order valence-corrected chi connectivity index (χ0v) is 35.7. The molecule has 3 heterocycles. The van der Waals surface area contributed by atoms with E-state index < -0.39 is 8.07 Å². The van der Waals surface area contributed by atoms with E-state index in [9.17, 15) is 0 Å². The van der Waals surface area contributed by atoms with Crippen molar-refractivity contribution in [1.82, 2.24) is 9.13 Å². The van der Waals surface area contributed by atoms with Crippen LogP contribution in [0.1, 0.15) is 0 Å². The van der Waals surface area contributed by atoms with E-state index in [1.807, 2.05) is 0 Å². The zero-order chi connectivity index (χ0) is 41.5. The minimum Gasteiger partial charge on any atom is -0.0617 e. The number of aromatic nitrogens is 2. The van der Waals surface area contributed by atoms with Crippen molar-refractivity contribution < 1.29 is 0 Å². The number of para-hydroxylation sites is 2. The molecule has 63 heavy (non-hydrogen) atoms. The Kier molecular flexibility index (Phi) is 7.96. The Morgan fingerprint density at radius 3 is 1.25 bits per heavy atom. The van der Waals surface area contributed by atoms with E-state index in [0.717, 1.165) is 11.4 Å². The molecule has 0 spiro atoms. The van der Waals surface area contributed by atoms with Crippen LogP contribution in [0.25, 0.3) is 88.4 Å². The summed E-state index contributed by atoms with van der Waals surface area (Å²) in [6, 6.07) is 90.4. The van der Waals surface area contributed by atoms with Crippen LogP contribution in [-0.2, 0) is 0 Å². The number of hydrogen-bond donors (Lipinski definition) is 0. The predicted octanol–water partition coefficient (Wildman–Crippen LogP) is 12.3. The molecule has 2 nitrogen and oxygen atoms in total. The molecule has 1 aliphatic heterocycles. The quantitative estimate of drug-likeness (QED) is 0.148. The summed E-state index contributed by atoms with van der Waals surface area (Å²) in [7, 11) is -3.03. The number of fused-ring (bicyclic) bond motifs is 9. The van der Waals surface area contributed by atoms with Crippen LogP contribution in [0.3, 0.4) is 0 Å². The first kappa shape index (κ1) is 35.7. The fraction of sp³-hybridized carbons (Fsp3) is 0. The van der Waals surface area contributed by atoms with Gasteiger partial charge in [0.2, 0.25) is 0 Å². The average molecular weight is 818 g/mol. The summed E-state index contributed by atoms with van der Waals surface area (Å²) in [6.07, 6.45) is 0. The van der Waals surface area contributed by atoms with E-state index in [2.05, 4.69) is 252 Å². The van der Waals surface area contributed by atoms with Gasteiger partial charge in [-0.25, -0.2) is 0 Å². The Morgan fingerprint density at radius 1 is 0.254 bits per heavy atom. The molecule has 0 unspecified atom stereocenters. The Balaban J connectivity index is 0.968. The van der Waals surface area contributed by atoms with Gasteiger partial charge in [-0.2, -0.15) is 0 Å². The molecule has 13 rings (SSSR count). The van der Waals surface area contributed by atoms with Gasteiger partial charge in [0.1, 0.15) is 0 Å². The van der Waals surface area contributed by atoms with Crippen LogP contribution in [0.2, 0.25) is 0 Å². The number of benzene rings is 10. The molecular formula is C60H41N2Si-. The minimum absolute atomic E-state index is 1.15. The summed E-state index contributed by atoms with van der Waals surface area (Å²) in [6.45, 7) is 0. The molecular weight excluding hydrogens is 777 g/mol. The van der Waals surface area contributed by atoms with Gasteiger partial charge in [-0.15, -0.1) is 0 Å². The zero-order valence-electron chi connectivity index (χ0n) is 34.6. The largest absolute Gasteiger partial charge is 0.0617 e. The molecule has 12 aromatic rings. The Bertz CT molecular complexity index is 3660. The second kappa shape index (κ2) is 14.0. The maximum Gasteiger partial charge on any atom is -0.0374 e. The second-order valence-electron chi connectivity index (χ2n) is 17.1. The average Bonchev–Trinajstić information content (AvgIpc) is 3.97. The van der Waals surface area contributed by atoms with Crippen molar-refractivity contribution in [3.8, 4) is 44.8 Å². The van der Waals surface area contributed by atoms with Crippen LogP contribution in [0.15, 0.2) is 243 Å². The smallest absolute Gasteiger partial charge is 0.0374 e. The molecule has 0 aliphatic carbocycles. The second-order valence-corrected chi connectivity index (χ2v) is 21.4. The molecule has 0 N–H and O–H groups in total. The Hall–Kier alpha value is -7.98. The van der Waals surface area contributed by atoms with Crippen molar-refractivity contribution in [2.75, 3.05) is 0 Å². The van der Waals surface area contributed by atoms with Crippen molar-refractivity contribution >= 4 is 72.4 Å². The van der Waals surface area contributed by atoms with Crippen molar-refractivity contribution in [3.63, 3.8) is 0 Å². The van der Waals surface area contributed by atoms with Crippen LogP contribution >= 0.6 is 0 Å². The summed E-state index contributed by atoms with van der Waals surface area (Å²) < 4.78 is 4.89. The Labute approximate surface area is 367 Å². The van der Waals surface area contributed by atoms with Crippen molar-refractivity contribution in [2.45, 2.75) is 0 Å². The van der Waals surface area contributed by atoms with Gasteiger partial charge in [0.15, 0.2) is 0 Å². The number of hydrogen-bond acceptors (Lipinski definition) is 0. The van der Waals surface area contributed by atoms with E-state index >= 15 is 0 Å². The third-order valence-electron chi connectivity index (χ3n) is 14.0. The third kappa shape index (κ3) is 5.30. The fourth-order valence-electron chi connectivity index (χ4n) is 11.3. The van der Waals surface area contributed by atoms with Crippen molar-refractivity contribution in [2.24, 2.45) is 0 Å². The maximum absolute atomic E-state index is 3.03. The van der Waals surface area contributed by atoms with Crippen molar-refractivity contribution in [3.05, 3.63) is 243 Å². The summed E-state index contributed by atoms with van der Waals surface area (Å²) in [5, 5.41) is 10.9. The first-order valence-corrected chi connectivity index (χ1v) is 24.3. The minimum atomic E-state index is -3.03. The number of nitrogens with zero attached hydrogens (tertiary/aromatic N) is 2. The van der Waals surface area contributed by atoms with Gasteiger partial charge in [-0.05, 0) is 29.3 Å². The fourth-order valence-corrected chi connectivity index (χ4v) is 17.3. The summed E-state index contributed by atoms with van der Waals surface area (Å²) >= 11 is 0. The molecule has 2 aromatic heterocycles. The third-order valence-corrected chi connectivity index (χ3v) is 19.6. The molecule has 0 bridgehead atoms. The Morgan fingerprint density at radius 2 is 0.683 bits per heavy atom. The molecule has 0 radical (unpaired) electrons. The molecule has 1 aliphatic rings. The van der Waals surface area contributed by atoms with Crippen LogP contribution in [0, 0.1) is 0 Å². The summed E-state index contributed by atoms with van der Waals surface area (Å²) in [5.74, 6) is 0. The van der Waals surface area contributed by atoms with Gasteiger partial charge in [0.05, 0.1) is 5.52 Å². The van der Waals surface area contributed by atoms with E-state index in [4.69, 9.17) is 0 Å². The predicted molar refractivity (Wildman–Crippen MR) is 270 cm³/mol. The molecule has 3 heteroatoms. The molecule has 0 saturated carbocycles. The molecule has 296 valence electrons. The molecule has 0 amide bonds. The van der Waals surface area contributed by atoms with E-state index in [0.29, 0.717) is 0 Å². The normalized spacial score (nSPS) is 13.4. The van der Waals surface area contributed by atoms with Gasteiger partial charge in [-0.1, -0.05) is 60.7 Å². The molecule has 0 saturated heterocycles. The van der Waals surface area contributed by atoms with Gasteiger partial charge >= 0.3 is 262 Å². The first-order chi connectivity index (χ1) is 31.3. The summed E-state index contributed by atoms with van der Waals surface area (Å²) in [5.41, 5.74) is 14.7. The van der Waals surface area contributed by atoms with Gasteiger partial charge in [-0.3, -0.25) is 0 Å². The maximum atomic E-state index is 2.53. The summed E-state index contributed by atoms with van der Waals surface area (Å²) in [4.78, 5) is 0. The first-order valence-electron chi connectivity index (χ1n) is 22.0. The van der Waals surface area contributed by atoms with Gasteiger partial charge in [0.25, 0.3) is 0 Å². The van der Waals surface area contributed by atoms with Gasteiger partial charge in [0, 0.05) is 11.1 Å². The van der Waals surface area contributed by atoms with Crippen molar-refractivity contribution in [1.29, 1.82) is 0 Å². The van der Waals surface area contributed by atoms with E-state index in [1.165, 1.54) is 97.7 Å². The topological polar surface area (TPSA) is 9.86 Å². The SMILES string of the molecule is c1ccc(-c2ccc(-n3c4ccccc4c4cc5c6ccccc6n(-c6ccc(-c7ccc8c(c7)[SiH-](c7ccccc7)(c7ccccc7)c7ccccc7-8)cc6)c5cc43)cc2)cc1. The van der Waals surface area contributed by atoms with Crippen LogP contribution < -0.4 is 20.7 Å². The van der Waals surface area contributed by atoms with E-state index in [1.54, 1.807) is 0 Å². The van der Waals surface area contributed by atoms with Crippen LogP contribution in [-0.4, -0.2) is 17.2 Å². The molecule has 10 aromatic carbocycles. The van der Waals surface area contributed by atoms with Gasteiger partial charge < -0.3 is 0 Å². The standard InChI is InChI=1S/C60H41N2Si/c1-4-16-41(17-5-1)42-28-33-45(34-29-42)61-55-25-13-10-22-49(55)53-39-54-50-23-11-14-26-56(50)62(58(54)40-57(53)61)46-35-30-43(31-36-46)44-32-37-52-51-24-12-15-27-59(51)63(60(52)38-44,47-18-6-2-7-19-47)48-20-8-3-9-21-48/h1-40,63H/q-1. The van der Waals surface area contributed by atoms with Crippen LogP contribution in [0.4, 0.5) is 0 Å². The monoisotopic (exact) mass is 817 g/mol.